The zero-order valence-electron chi connectivity index (χ0n) is 14.7. The van der Waals surface area contributed by atoms with Gasteiger partial charge in [0.25, 0.3) is 0 Å². The summed E-state index contributed by atoms with van der Waals surface area (Å²) < 4.78 is 3.24. The Balaban J connectivity index is 1.25. The fraction of sp³-hybridized carbons (Fsp3) is 0.526. The first kappa shape index (κ1) is 16.6. The number of rotatable bonds is 5. The van der Waals surface area contributed by atoms with E-state index in [4.69, 9.17) is 0 Å². The summed E-state index contributed by atoms with van der Waals surface area (Å²) in [6.45, 7) is 2.18. The number of carbonyl (C=O) groups excluding carboxylic acids is 1. The number of thiazole rings is 1. The predicted octanol–water partition coefficient (Wildman–Crippen LogP) is 3.98. The fourth-order valence-corrected chi connectivity index (χ4v) is 6.67. The maximum atomic E-state index is 12.5. The molecule has 7 heteroatoms. The van der Waals surface area contributed by atoms with Crippen molar-refractivity contribution in [3.63, 3.8) is 0 Å². The third-order valence-electron chi connectivity index (χ3n) is 6.07. The maximum absolute atomic E-state index is 12.5. The molecule has 1 amide bonds. The standard InChI is InChI=1S/C19H22N4OS2/c1-11(14-9-12-6-7-13(14)8-12)20-17(24)10-25-18-21-22-19-23(18)15-4-2-3-5-16(15)26-19/h2-5,11-14H,6-10H2,1H3,(H,20,24). The van der Waals surface area contributed by atoms with Crippen LogP contribution in [-0.4, -0.2) is 32.3 Å². The van der Waals surface area contributed by atoms with Crippen LogP contribution in [0.1, 0.15) is 32.6 Å². The average Bonchev–Trinajstić information content (AvgIpc) is 3.40. The Morgan fingerprint density at radius 1 is 1.35 bits per heavy atom. The van der Waals surface area contributed by atoms with Crippen molar-refractivity contribution in [1.82, 2.24) is 19.9 Å². The van der Waals surface area contributed by atoms with Crippen molar-refractivity contribution in [1.29, 1.82) is 0 Å². The number of fused-ring (bicyclic) bond motifs is 5. The van der Waals surface area contributed by atoms with Crippen LogP contribution in [0.5, 0.6) is 0 Å². The Kier molecular flexibility index (Phi) is 4.16. The minimum Gasteiger partial charge on any atom is -0.353 e. The Morgan fingerprint density at radius 2 is 2.23 bits per heavy atom. The third-order valence-corrected chi connectivity index (χ3v) is 8.01. The van der Waals surface area contributed by atoms with Gasteiger partial charge in [0.1, 0.15) is 0 Å². The zero-order valence-corrected chi connectivity index (χ0v) is 16.4. The number of nitrogens with zero attached hydrogens (tertiary/aromatic N) is 3. The first-order valence-electron chi connectivity index (χ1n) is 9.34. The van der Waals surface area contributed by atoms with Crippen LogP contribution in [-0.2, 0) is 4.79 Å². The van der Waals surface area contributed by atoms with Gasteiger partial charge in [0.2, 0.25) is 10.9 Å². The second kappa shape index (κ2) is 6.53. The van der Waals surface area contributed by atoms with Crippen LogP contribution in [0.4, 0.5) is 0 Å². The molecule has 2 heterocycles. The molecule has 2 fully saturated rings. The summed E-state index contributed by atoms with van der Waals surface area (Å²) in [7, 11) is 0. The molecular weight excluding hydrogens is 364 g/mol. The van der Waals surface area contributed by atoms with Gasteiger partial charge in [0, 0.05) is 6.04 Å². The molecule has 0 aliphatic heterocycles. The van der Waals surface area contributed by atoms with Gasteiger partial charge in [0.15, 0.2) is 5.16 Å². The minimum absolute atomic E-state index is 0.0987. The Labute approximate surface area is 160 Å². The molecule has 2 aromatic heterocycles. The summed E-state index contributed by atoms with van der Waals surface area (Å²) in [5.41, 5.74) is 1.11. The molecule has 2 aliphatic rings. The van der Waals surface area contributed by atoms with Gasteiger partial charge >= 0.3 is 0 Å². The van der Waals surface area contributed by atoms with E-state index in [2.05, 4.69) is 39.0 Å². The first-order chi connectivity index (χ1) is 12.7. The zero-order chi connectivity index (χ0) is 17.7. The first-order valence-corrected chi connectivity index (χ1v) is 11.1. The summed E-state index contributed by atoms with van der Waals surface area (Å²) >= 11 is 3.09. The molecule has 0 saturated heterocycles. The van der Waals surface area contributed by atoms with Crippen molar-refractivity contribution in [2.75, 3.05) is 5.75 Å². The third kappa shape index (κ3) is 2.81. The van der Waals surface area contributed by atoms with Crippen LogP contribution < -0.4 is 5.32 Å². The normalized spacial score (nSPS) is 26.0. The number of aromatic nitrogens is 3. The van der Waals surface area contributed by atoms with Gasteiger partial charge in [-0.25, -0.2) is 0 Å². The summed E-state index contributed by atoms with van der Waals surface area (Å²) in [6.07, 6.45) is 5.43. The van der Waals surface area contributed by atoms with E-state index in [0.29, 0.717) is 11.7 Å². The van der Waals surface area contributed by atoms with E-state index < -0.39 is 0 Å². The lowest BCUT2D eigenvalue weighted by Gasteiger charge is -2.28. The lowest BCUT2D eigenvalue weighted by molar-refractivity contribution is -0.119. The predicted molar refractivity (Wildman–Crippen MR) is 106 cm³/mol. The highest BCUT2D eigenvalue weighted by molar-refractivity contribution is 7.99. The maximum Gasteiger partial charge on any atom is 0.230 e. The molecule has 2 bridgehead atoms. The molecule has 4 atom stereocenters. The average molecular weight is 387 g/mol. The largest absolute Gasteiger partial charge is 0.353 e. The van der Waals surface area contributed by atoms with Gasteiger partial charge in [-0.15, -0.1) is 10.2 Å². The van der Waals surface area contributed by atoms with E-state index in [-0.39, 0.29) is 11.9 Å². The number of thioether (sulfide) groups is 1. The highest BCUT2D eigenvalue weighted by Crippen LogP contribution is 2.49. The topological polar surface area (TPSA) is 59.3 Å². The van der Waals surface area contributed by atoms with Crippen molar-refractivity contribution in [3.05, 3.63) is 24.3 Å². The molecule has 3 aromatic rings. The number of nitrogens with one attached hydrogen (secondary N) is 1. The molecule has 136 valence electrons. The number of hydrogen-bond donors (Lipinski definition) is 1. The molecular formula is C19H22N4OS2. The molecule has 1 N–H and O–H groups in total. The minimum atomic E-state index is 0.0987. The van der Waals surface area contributed by atoms with Crippen LogP contribution in [0.25, 0.3) is 15.2 Å². The second-order valence-corrected chi connectivity index (χ2v) is 9.61. The van der Waals surface area contributed by atoms with E-state index in [1.807, 2.05) is 12.1 Å². The van der Waals surface area contributed by atoms with E-state index in [1.165, 1.54) is 42.1 Å². The number of carbonyl (C=O) groups is 1. The van der Waals surface area contributed by atoms with E-state index in [9.17, 15) is 4.79 Å². The highest BCUT2D eigenvalue weighted by atomic mass is 32.2. The quantitative estimate of drug-likeness (QED) is 0.674. The number of hydrogen-bond acceptors (Lipinski definition) is 5. The smallest absolute Gasteiger partial charge is 0.230 e. The van der Waals surface area contributed by atoms with Crippen LogP contribution in [0.15, 0.2) is 29.4 Å². The van der Waals surface area contributed by atoms with Gasteiger partial charge in [-0.1, -0.05) is 41.7 Å². The second-order valence-electron chi connectivity index (χ2n) is 7.65. The number of para-hydroxylation sites is 1. The molecule has 5 rings (SSSR count). The van der Waals surface area contributed by atoms with E-state index in [0.717, 1.165) is 27.5 Å². The molecule has 0 spiro atoms. The molecule has 2 aliphatic carbocycles. The van der Waals surface area contributed by atoms with Crippen molar-refractivity contribution < 1.29 is 4.79 Å². The monoisotopic (exact) mass is 386 g/mol. The van der Waals surface area contributed by atoms with Crippen LogP contribution in [0, 0.1) is 17.8 Å². The van der Waals surface area contributed by atoms with Crippen molar-refractivity contribution in [2.45, 2.75) is 43.8 Å². The molecule has 2 saturated carbocycles. The summed E-state index contributed by atoms with van der Waals surface area (Å²) in [4.78, 5) is 13.3. The molecule has 1 aromatic carbocycles. The van der Waals surface area contributed by atoms with Gasteiger partial charge < -0.3 is 5.32 Å². The van der Waals surface area contributed by atoms with Crippen molar-refractivity contribution in [2.24, 2.45) is 17.8 Å². The van der Waals surface area contributed by atoms with Gasteiger partial charge in [0.05, 0.1) is 16.0 Å². The fourth-order valence-electron chi connectivity index (χ4n) is 4.89. The van der Waals surface area contributed by atoms with Crippen LogP contribution in [0.2, 0.25) is 0 Å². The molecule has 4 unspecified atom stereocenters. The van der Waals surface area contributed by atoms with Crippen molar-refractivity contribution >= 4 is 44.2 Å². The SMILES string of the molecule is CC(NC(=O)CSc1nnc2sc3ccccc3n12)C1CC2CCC1C2. The molecule has 0 radical (unpaired) electrons. The summed E-state index contributed by atoms with van der Waals surface area (Å²) in [5.74, 6) is 2.90. The molecule has 26 heavy (non-hydrogen) atoms. The van der Waals surface area contributed by atoms with E-state index >= 15 is 0 Å². The van der Waals surface area contributed by atoms with Gasteiger partial charge in [-0.2, -0.15) is 0 Å². The summed E-state index contributed by atoms with van der Waals surface area (Å²) in [5, 5.41) is 12.6. The van der Waals surface area contributed by atoms with Crippen LogP contribution >= 0.6 is 23.1 Å². The number of amides is 1. The highest BCUT2D eigenvalue weighted by Gasteiger charge is 2.42. The Bertz CT molecular complexity index is 965. The van der Waals surface area contributed by atoms with Gasteiger partial charge in [-0.3, -0.25) is 9.20 Å². The van der Waals surface area contributed by atoms with E-state index in [1.54, 1.807) is 11.3 Å². The lowest BCUT2D eigenvalue weighted by atomic mass is 9.84. The van der Waals surface area contributed by atoms with Crippen LogP contribution in [0.3, 0.4) is 0 Å². The van der Waals surface area contributed by atoms with Crippen molar-refractivity contribution in [3.8, 4) is 0 Å². The van der Waals surface area contributed by atoms with Gasteiger partial charge in [-0.05, 0) is 56.1 Å². The Hall–Kier alpha value is -1.60. The number of benzene rings is 1. The summed E-state index contributed by atoms with van der Waals surface area (Å²) in [6, 6.07) is 8.49. The Morgan fingerprint density at radius 3 is 3.04 bits per heavy atom. The molecule has 5 nitrogen and oxygen atoms in total. The lowest BCUT2D eigenvalue weighted by Crippen LogP contribution is -2.40.